The van der Waals surface area contributed by atoms with Gasteiger partial charge in [-0.2, -0.15) is 12.8 Å². The molecule has 2 N–H and O–H groups in total. The summed E-state index contributed by atoms with van der Waals surface area (Å²) in [5, 5.41) is 8.56. The Labute approximate surface area is 105 Å². The van der Waals surface area contributed by atoms with Gasteiger partial charge in [0.1, 0.15) is 0 Å². The molecular formula is C11H12N2O4S. The van der Waals surface area contributed by atoms with Crippen LogP contribution in [0.2, 0.25) is 0 Å². The van der Waals surface area contributed by atoms with Gasteiger partial charge in [-0.1, -0.05) is 6.07 Å². The largest absolute Gasteiger partial charge is 0.311 e. The number of hydrogen-bond donors (Lipinski definition) is 2. The van der Waals surface area contributed by atoms with Crippen LogP contribution in [0, 0.1) is 0 Å². The molecule has 1 amide bonds. The Bertz CT molecular complexity index is 601. The van der Waals surface area contributed by atoms with E-state index in [1.165, 1.54) is 0 Å². The third kappa shape index (κ3) is 2.74. The second kappa shape index (κ2) is 5.28. The molecule has 0 bridgehead atoms. The zero-order chi connectivity index (χ0) is 13.1. The number of benzene rings is 1. The maximum absolute atomic E-state index is 11.3. The van der Waals surface area contributed by atoms with E-state index < -0.39 is 16.4 Å². The summed E-state index contributed by atoms with van der Waals surface area (Å²) < 4.78 is 24.7. The molecule has 0 spiro atoms. The van der Waals surface area contributed by atoms with Crippen LogP contribution < -0.4 is 5.48 Å². The fourth-order valence-corrected chi connectivity index (χ4v) is 2.58. The SMILES string of the molecule is O=C(NO)c1ccc2c(c1)CC(N=S(=O)=O)CC2. The second-order valence-corrected chi connectivity index (χ2v) is 4.79. The van der Waals surface area contributed by atoms with Crippen molar-refractivity contribution in [1.29, 1.82) is 0 Å². The number of hydrogen-bond acceptors (Lipinski definition) is 5. The van der Waals surface area contributed by atoms with Crippen molar-refractivity contribution in [3.05, 3.63) is 34.9 Å². The number of rotatable bonds is 2. The zero-order valence-electron chi connectivity index (χ0n) is 9.46. The van der Waals surface area contributed by atoms with Gasteiger partial charge in [0.15, 0.2) is 0 Å². The summed E-state index contributed by atoms with van der Waals surface area (Å²) in [5.74, 6) is -0.579. The van der Waals surface area contributed by atoms with Crippen LogP contribution >= 0.6 is 0 Å². The fraction of sp³-hybridized carbons (Fsp3) is 0.364. The van der Waals surface area contributed by atoms with Gasteiger partial charge in [0.2, 0.25) is 0 Å². The quantitative estimate of drug-likeness (QED) is 0.610. The van der Waals surface area contributed by atoms with E-state index in [4.69, 9.17) is 5.21 Å². The van der Waals surface area contributed by atoms with Crippen molar-refractivity contribution in [2.45, 2.75) is 25.3 Å². The number of amides is 1. The third-order valence-corrected chi connectivity index (χ3v) is 3.48. The van der Waals surface area contributed by atoms with Crippen LogP contribution in [-0.4, -0.2) is 25.6 Å². The first-order chi connectivity index (χ1) is 8.60. The van der Waals surface area contributed by atoms with Crippen LogP contribution in [0.15, 0.2) is 22.6 Å². The molecule has 1 unspecified atom stereocenters. The Morgan fingerprint density at radius 1 is 1.39 bits per heavy atom. The van der Waals surface area contributed by atoms with Crippen LogP contribution in [0.4, 0.5) is 0 Å². The van der Waals surface area contributed by atoms with Crippen molar-refractivity contribution in [2.24, 2.45) is 4.36 Å². The number of carbonyl (C=O) groups excluding carboxylic acids is 1. The van der Waals surface area contributed by atoms with E-state index in [1.54, 1.807) is 17.6 Å². The molecule has 1 aliphatic carbocycles. The highest BCUT2D eigenvalue weighted by Gasteiger charge is 2.19. The molecular weight excluding hydrogens is 256 g/mol. The monoisotopic (exact) mass is 268 g/mol. The lowest BCUT2D eigenvalue weighted by Crippen LogP contribution is -2.21. The Morgan fingerprint density at radius 2 is 2.17 bits per heavy atom. The molecule has 96 valence electrons. The summed E-state index contributed by atoms with van der Waals surface area (Å²) >= 11 is 0. The molecule has 0 radical (unpaired) electrons. The number of aryl methyl sites for hydroxylation is 1. The van der Waals surface area contributed by atoms with Crippen molar-refractivity contribution in [1.82, 2.24) is 5.48 Å². The van der Waals surface area contributed by atoms with E-state index in [2.05, 4.69) is 4.36 Å². The summed E-state index contributed by atoms with van der Waals surface area (Å²) in [6.45, 7) is 0. The summed E-state index contributed by atoms with van der Waals surface area (Å²) in [6.07, 6.45) is 1.92. The van der Waals surface area contributed by atoms with Crippen LogP contribution in [0.25, 0.3) is 0 Å². The molecule has 1 aromatic rings. The van der Waals surface area contributed by atoms with E-state index in [1.807, 2.05) is 6.07 Å². The smallest absolute Gasteiger partial charge is 0.288 e. The van der Waals surface area contributed by atoms with Gasteiger partial charge in [-0.05, 0) is 42.5 Å². The van der Waals surface area contributed by atoms with Crippen molar-refractivity contribution in [3.63, 3.8) is 0 Å². The minimum absolute atomic E-state index is 0.261. The molecule has 6 nitrogen and oxygen atoms in total. The molecule has 0 fully saturated rings. The van der Waals surface area contributed by atoms with Crippen LogP contribution in [0.5, 0.6) is 0 Å². The maximum atomic E-state index is 11.3. The number of nitrogens with zero attached hydrogens (tertiary/aromatic N) is 1. The Kier molecular flexibility index (Phi) is 3.73. The lowest BCUT2D eigenvalue weighted by atomic mass is 9.87. The van der Waals surface area contributed by atoms with Crippen molar-refractivity contribution in [2.75, 3.05) is 0 Å². The van der Waals surface area contributed by atoms with Crippen molar-refractivity contribution >= 4 is 16.4 Å². The Morgan fingerprint density at radius 3 is 2.83 bits per heavy atom. The molecule has 1 atom stereocenters. The number of fused-ring (bicyclic) bond motifs is 1. The highest BCUT2D eigenvalue weighted by atomic mass is 32.2. The first-order valence-electron chi connectivity index (χ1n) is 5.46. The topological polar surface area (TPSA) is 95.8 Å². The number of nitrogens with one attached hydrogen (secondary N) is 1. The highest BCUT2D eigenvalue weighted by Crippen LogP contribution is 2.24. The minimum Gasteiger partial charge on any atom is -0.288 e. The molecule has 18 heavy (non-hydrogen) atoms. The van der Waals surface area contributed by atoms with Crippen LogP contribution in [0.3, 0.4) is 0 Å². The minimum atomic E-state index is -2.40. The van der Waals surface area contributed by atoms with Gasteiger partial charge >= 0.3 is 10.5 Å². The van der Waals surface area contributed by atoms with Gasteiger partial charge in [-0.3, -0.25) is 10.0 Å². The number of carbonyl (C=O) groups is 1. The zero-order valence-corrected chi connectivity index (χ0v) is 10.3. The Hall–Kier alpha value is -1.73. The van der Waals surface area contributed by atoms with Gasteiger partial charge in [-0.25, -0.2) is 5.48 Å². The van der Waals surface area contributed by atoms with Crippen LogP contribution in [0.1, 0.15) is 27.9 Å². The predicted molar refractivity (Wildman–Crippen MR) is 62.9 cm³/mol. The second-order valence-electron chi connectivity index (χ2n) is 4.14. The molecule has 0 heterocycles. The molecule has 7 heteroatoms. The third-order valence-electron chi connectivity index (χ3n) is 3.01. The van der Waals surface area contributed by atoms with E-state index in [0.29, 0.717) is 18.4 Å². The average Bonchev–Trinajstić information content (AvgIpc) is 2.36. The normalized spacial score (nSPS) is 17.7. The fourth-order valence-electron chi connectivity index (χ4n) is 2.16. The van der Waals surface area contributed by atoms with E-state index in [0.717, 1.165) is 17.5 Å². The standard InChI is InChI=1S/C11H12N2O4S/c14-11(12-15)8-2-1-7-3-4-10(13-18(16)17)6-9(7)5-8/h1-2,5,10,15H,3-4,6H2,(H,12,14). The molecule has 1 aliphatic rings. The van der Waals surface area contributed by atoms with Gasteiger partial charge in [0.05, 0.1) is 6.04 Å². The predicted octanol–water partition coefficient (Wildman–Crippen LogP) is 0.726. The van der Waals surface area contributed by atoms with E-state index >= 15 is 0 Å². The Balaban J connectivity index is 2.30. The highest BCUT2D eigenvalue weighted by molar-refractivity contribution is 7.61. The molecule has 0 saturated carbocycles. The summed E-state index contributed by atoms with van der Waals surface area (Å²) in [5.41, 5.74) is 3.91. The van der Waals surface area contributed by atoms with Gasteiger partial charge in [0, 0.05) is 5.56 Å². The number of hydroxylamine groups is 1. The van der Waals surface area contributed by atoms with Gasteiger partial charge in [-0.15, -0.1) is 0 Å². The summed E-state index contributed by atoms with van der Waals surface area (Å²) in [6, 6.07) is 4.86. The lowest BCUT2D eigenvalue weighted by molar-refractivity contribution is 0.0706. The van der Waals surface area contributed by atoms with Gasteiger partial charge < -0.3 is 0 Å². The van der Waals surface area contributed by atoms with Crippen molar-refractivity contribution in [3.8, 4) is 0 Å². The first kappa shape index (κ1) is 12.7. The maximum Gasteiger partial charge on any atom is 0.311 e. The molecule has 0 aromatic heterocycles. The van der Waals surface area contributed by atoms with Crippen LogP contribution in [-0.2, 0) is 23.3 Å². The van der Waals surface area contributed by atoms with E-state index in [9.17, 15) is 13.2 Å². The summed E-state index contributed by atoms with van der Waals surface area (Å²) in [7, 11) is -2.40. The van der Waals surface area contributed by atoms with Crippen molar-refractivity contribution < 1.29 is 18.4 Å². The molecule has 1 aromatic carbocycles. The van der Waals surface area contributed by atoms with E-state index in [-0.39, 0.29) is 6.04 Å². The molecule has 2 rings (SSSR count). The lowest BCUT2D eigenvalue weighted by Gasteiger charge is -2.20. The first-order valence-corrected chi connectivity index (χ1v) is 6.50. The molecule has 0 saturated heterocycles. The summed E-state index contributed by atoms with van der Waals surface area (Å²) in [4.78, 5) is 11.3. The average molecular weight is 268 g/mol. The van der Waals surface area contributed by atoms with Gasteiger partial charge in [0.25, 0.3) is 5.91 Å². The molecule has 0 aliphatic heterocycles.